The predicted molar refractivity (Wildman–Crippen MR) is 87.9 cm³/mol. The van der Waals surface area contributed by atoms with Crippen molar-refractivity contribution >= 4 is 34.8 Å². The highest BCUT2D eigenvalue weighted by atomic mass is 35.5. The summed E-state index contributed by atoms with van der Waals surface area (Å²) in [5.74, 6) is -0.101. The number of hydrogen-bond acceptors (Lipinski definition) is 2. The standard InChI is InChI=1S/C16H16Cl2N2O/c1-10-5-12(7-14(19)6-10)16(21)20(2)9-11-3-4-13(17)8-15(11)18/h3-8H,9,19H2,1-2H3. The molecular formula is C16H16Cl2N2O. The lowest BCUT2D eigenvalue weighted by Gasteiger charge is -2.18. The van der Waals surface area contributed by atoms with Crippen LogP contribution < -0.4 is 5.73 Å². The third kappa shape index (κ3) is 3.90. The molecule has 0 saturated carbocycles. The highest BCUT2D eigenvalue weighted by Crippen LogP contribution is 2.22. The van der Waals surface area contributed by atoms with Gasteiger partial charge in [0.25, 0.3) is 5.91 Å². The van der Waals surface area contributed by atoms with Crippen molar-refractivity contribution in [2.24, 2.45) is 0 Å². The van der Waals surface area contributed by atoms with E-state index in [0.29, 0.717) is 27.8 Å². The van der Waals surface area contributed by atoms with Gasteiger partial charge < -0.3 is 10.6 Å². The molecule has 2 N–H and O–H groups in total. The molecule has 0 unspecified atom stereocenters. The van der Waals surface area contributed by atoms with E-state index < -0.39 is 0 Å². The second-order valence-corrected chi connectivity index (χ2v) is 5.87. The van der Waals surface area contributed by atoms with Crippen molar-refractivity contribution in [3.63, 3.8) is 0 Å². The molecule has 3 nitrogen and oxygen atoms in total. The van der Waals surface area contributed by atoms with Crippen LogP contribution in [0.25, 0.3) is 0 Å². The molecule has 0 fully saturated rings. The minimum absolute atomic E-state index is 0.101. The molecule has 1 amide bonds. The van der Waals surface area contributed by atoms with Gasteiger partial charge in [-0.1, -0.05) is 29.3 Å². The number of halogens is 2. The van der Waals surface area contributed by atoms with Crippen LogP contribution in [-0.4, -0.2) is 17.9 Å². The lowest BCUT2D eigenvalue weighted by Crippen LogP contribution is -2.26. The molecule has 0 aliphatic rings. The van der Waals surface area contributed by atoms with Crippen LogP contribution in [0.2, 0.25) is 10.0 Å². The molecule has 2 aromatic carbocycles. The molecule has 0 saturated heterocycles. The van der Waals surface area contributed by atoms with Crippen molar-refractivity contribution in [1.82, 2.24) is 4.90 Å². The van der Waals surface area contributed by atoms with Gasteiger partial charge in [-0.2, -0.15) is 0 Å². The van der Waals surface area contributed by atoms with E-state index in [1.165, 1.54) is 0 Å². The lowest BCUT2D eigenvalue weighted by molar-refractivity contribution is 0.0785. The molecule has 0 aliphatic heterocycles. The van der Waals surface area contributed by atoms with Gasteiger partial charge in [-0.15, -0.1) is 0 Å². The number of amides is 1. The molecule has 0 atom stereocenters. The van der Waals surface area contributed by atoms with E-state index in [1.807, 2.05) is 25.1 Å². The molecule has 0 radical (unpaired) electrons. The number of nitrogens with zero attached hydrogens (tertiary/aromatic N) is 1. The highest BCUT2D eigenvalue weighted by molar-refractivity contribution is 6.35. The largest absolute Gasteiger partial charge is 0.399 e. The fourth-order valence-electron chi connectivity index (χ4n) is 2.13. The highest BCUT2D eigenvalue weighted by Gasteiger charge is 2.14. The Kier molecular flexibility index (Phi) is 4.76. The summed E-state index contributed by atoms with van der Waals surface area (Å²) in [5.41, 5.74) is 8.73. The van der Waals surface area contributed by atoms with Crippen LogP contribution in [-0.2, 0) is 6.54 Å². The summed E-state index contributed by atoms with van der Waals surface area (Å²) in [5, 5.41) is 1.12. The average Bonchev–Trinajstić information content (AvgIpc) is 2.40. The van der Waals surface area contributed by atoms with Gasteiger partial charge in [0.05, 0.1) is 0 Å². The van der Waals surface area contributed by atoms with Crippen molar-refractivity contribution < 1.29 is 4.79 Å². The smallest absolute Gasteiger partial charge is 0.253 e. The quantitative estimate of drug-likeness (QED) is 0.862. The van der Waals surface area contributed by atoms with Crippen molar-refractivity contribution in [3.8, 4) is 0 Å². The van der Waals surface area contributed by atoms with Crippen LogP contribution in [0.4, 0.5) is 5.69 Å². The van der Waals surface area contributed by atoms with E-state index in [2.05, 4.69) is 0 Å². The van der Waals surface area contributed by atoms with E-state index in [-0.39, 0.29) is 5.91 Å². The van der Waals surface area contributed by atoms with E-state index in [4.69, 9.17) is 28.9 Å². The van der Waals surface area contributed by atoms with Gasteiger partial charge in [0.15, 0.2) is 0 Å². The Balaban J connectivity index is 2.19. The first-order chi connectivity index (χ1) is 9.86. The number of carbonyl (C=O) groups is 1. The van der Waals surface area contributed by atoms with Crippen LogP contribution in [0, 0.1) is 6.92 Å². The summed E-state index contributed by atoms with van der Waals surface area (Å²) in [6, 6.07) is 10.6. The number of rotatable bonds is 3. The number of nitrogen functional groups attached to an aromatic ring is 1. The molecule has 0 bridgehead atoms. The zero-order valence-electron chi connectivity index (χ0n) is 11.9. The predicted octanol–water partition coefficient (Wildman–Crippen LogP) is 4.16. The molecule has 0 heterocycles. The first-order valence-corrected chi connectivity index (χ1v) is 7.19. The molecule has 0 aromatic heterocycles. The van der Waals surface area contributed by atoms with Crippen molar-refractivity contribution in [2.45, 2.75) is 13.5 Å². The van der Waals surface area contributed by atoms with Crippen LogP contribution in [0.15, 0.2) is 36.4 Å². The second-order valence-electron chi connectivity index (χ2n) is 5.03. The normalized spacial score (nSPS) is 10.5. The Morgan fingerprint density at radius 1 is 1.19 bits per heavy atom. The molecule has 110 valence electrons. The number of hydrogen-bond donors (Lipinski definition) is 1. The fourth-order valence-corrected chi connectivity index (χ4v) is 2.60. The number of benzene rings is 2. The maximum absolute atomic E-state index is 12.4. The molecule has 2 aromatic rings. The molecule has 0 aliphatic carbocycles. The fraction of sp³-hybridized carbons (Fsp3) is 0.188. The van der Waals surface area contributed by atoms with E-state index in [0.717, 1.165) is 11.1 Å². The minimum Gasteiger partial charge on any atom is -0.399 e. The first kappa shape index (κ1) is 15.7. The molecule has 21 heavy (non-hydrogen) atoms. The Morgan fingerprint density at radius 3 is 2.52 bits per heavy atom. The molecular weight excluding hydrogens is 307 g/mol. The monoisotopic (exact) mass is 322 g/mol. The van der Waals surface area contributed by atoms with Crippen molar-refractivity contribution in [1.29, 1.82) is 0 Å². The summed E-state index contributed by atoms with van der Waals surface area (Å²) in [4.78, 5) is 14.0. The molecule has 0 spiro atoms. The maximum Gasteiger partial charge on any atom is 0.253 e. The Labute approximate surface area is 134 Å². The number of nitrogens with two attached hydrogens (primary N) is 1. The SMILES string of the molecule is Cc1cc(N)cc(C(=O)N(C)Cc2ccc(Cl)cc2Cl)c1. The van der Waals surface area contributed by atoms with Gasteiger partial charge >= 0.3 is 0 Å². The molecule has 5 heteroatoms. The minimum atomic E-state index is -0.101. The number of carbonyl (C=O) groups excluding carboxylic acids is 1. The summed E-state index contributed by atoms with van der Waals surface area (Å²) >= 11 is 12.0. The van der Waals surface area contributed by atoms with Gasteiger partial charge in [0, 0.05) is 34.9 Å². The Morgan fingerprint density at radius 2 is 1.90 bits per heavy atom. The topological polar surface area (TPSA) is 46.3 Å². The van der Waals surface area contributed by atoms with Crippen LogP contribution in [0.1, 0.15) is 21.5 Å². The third-order valence-electron chi connectivity index (χ3n) is 3.12. The van der Waals surface area contributed by atoms with E-state index in [1.54, 1.807) is 30.1 Å². The Hall–Kier alpha value is -1.71. The van der Waals surface area contributed by atoms with Crippen LogP contribution >= 0.6 is 23.2 Å². The lowest BCUT2D eigenvalue weighted by atomic mass is 10.1. The van der Waals surface area contributed by atoms with Crippen LogP contribution in [0.5, 0.6) is 0 Å². The third-order valence-corrected chi connectivity index (χ3v) is 3.70. The number of anilines is 1. The zero-order valence-corrected chi connectivity index (χ0v) is 13.4. The molecule has 2 rings (SSSR count). The van der Waals surface area contributed by atoms with E-state index >= 15 is 0 Å². The second kappa shape index (κ2) is 6.37. The summed E-state index contributed by atoms with van der Waals surface area (Å²) in [6.07, 6.45) is 0. The Bertz CT molecular complexity index is 666. The van der Waals surface area contributed by atoms with Crippen molar-refractivity contribution in [3.05, 3.63) is 63.1 Å². The van der Waals surface area contributed by atoms with E-state index in [9.17, 15) is 4.79 Å². The van der Waals surface area contributed by atoms with Crippen molar-refractivity contribution in [2.75, 3.05) is 12.8 Å². The summed E-state index contributed by atoms with van der Waals surface area (Å²) < 4.78 is 0. The van der Waals surface area contributed by atoms with Gasteiger partial charge in [-0.05, 0) is 48.4 Å². The van der Waals surface area contributed by atoms with Gasteiger partial charge in [0.2, 0.25) is 0 Å². The van der Waals surface area contributed by atoms with Gasteiger partial charge in [0.1, 0.15) is 0 Å². The summed E-state index contributed by atoms with van der Waals surface area (Å²) in [7, 11) is 1.73. The van der Waals surface area contributed by atoms with Gasteiger partial charge in [-0.25, -0.2) is 0 Å². The van der Waals surface area contributed by atoms with Crippen LogP contribution in [0.3, 0.4) is 0 Å². The first-order valence-electron chi connectivity index (χ1n) is 6.43. The zero-order chi connectivity index (χ0) is 15.6. The van der Waals surface area contributed by atoms with Gasteiger partial charge in [-0.3, -0.25) is 4.79 Å². The maximum atomic E-state index is 12.4. The number of aryl methyl sites for hydroxylation is 1. The summed E-state index contributed by atoms with van der Waals surface area (Å²) in [6.45, 7) is 2.31. The average molecular weight is 323 g/mol.